The van der Waals surface area contributed by atoms with Crippen LogP contribution in [-0.2, 0) is 14.4 Å². The van der Waals surface area contributed by atoms with Gasteiger partial charge in [0.2, 0.25) is 0 Å². The molecule has 0 radical (unpaired) electrons. The molecule has 0 bridgehead atoms. The zero-order chi connectivity index (χ0) is 9.72. The van der Waals surface area contributed by atoms with E-state index in [0.717, 1.165) is 0 Å². The van der Waals surface area contributed by atoms with Crippen LogP contribution in [0.2, 0.25) is 0 Å². The largest absolute Gasteiger partial charge is 0.481 e. The average Bonchev–Trinajstić information content (AvgIpc) is 1.84. The first-order valence-corrected chi connectivity index (χ1v) is 3.39. The van der Waals surface area contributed by atoms with E-state index >= 15 is 0 Å². The Morgan fingerprint density at radius 1 is 1.25 bits per heavy atom. The molecular formula is C7H10O5. The molecule has 1 unspecified atom stereocenters. The number of Topliss-reactive ketones (excluding diaryl/α,β-unsaturated/α-hetero) is 1. The molecule has 0 heterocycles. The van der Waals surface area contributed by atoms with E-state index in [4.69, 9.17) is 10.2 Å². The van der Waals surface area contributed by atoms with E-state index in [1.807, 2.05) is 0 Å². The average molecular weight is 174 g/mol. The molecule has 0 aromatic heterocycles. The summed E-state index contributed by atoms with van der Waals surface area (Å²) in [6, 6.07) is 0. The highest BCUT2D eigenvalue weighted by Gasteiger charge is 2.17. The number of rotatable bonds is 5. The lowest BCUT2D eigenvalue weighted by molar-refractivity contribution is -0.145. The second kappa shape index (κ2) is 4.48. The molecule has 0 aliphatic rings. The van der Waals surface area contributed by atoms with Crippen LogP contribution in [0, 0.1) is 5.92 Å². The third-order valence-electron chi connectivity index (χ3n) is 1.30. The molecule has 1 atom stereocenters. The fourth-order valence-electron chi connectivity index (χ4n) is 0.670. The molecule has 2 N–H and O–H groups in total. The standard InChI is InChI=1S/C7H10O5/c1-4(7(11)12)2-5(8)3-6(9)10/h4H,2-3H2,1H3,(H,9,10)(H,11,12). The van der Waals surface area contributed by atoms with Crippen molar-refractivity contribution in [1.29, 1.82) is 0 Å². The third-order valence-corrected chi connectivity index (χ3v) is 1.30. The molecule has 0 rings (SSSR count). The van der Waals surface area contributed by atoms with Crippen LogP contribution in [0.4, 0.5) is 0 Å². The Labute approximate surface area is 69.0 Å². The van der Waals surface area contributed by atoms with Crippen molar-refractivity contribution in [3.63, 3.8) is 0 Å². The van der Waals surface area contributed by atoms with Gasteiger partial charge in [0.25, 0.3) is 0 Å². The summed E-state index contributed by atoms with van der Waals surface area (Å²) in [6.07, 6.45) is -0.820. The third kappa shape index (κ3) is 4.43. The molecule has 0 aliphatic carbocycles. The number of hydrogen-bond acceptors (Lipinski definition) is 3. The molecule has 68 valence electrons. The lowest BCUT2D eigenvalue weighted by Crippen LogP contribution is -2.16. The predicted molar refractivity (Wildman–Crippen MR) is 38.7 cm³/mol. The van der Waals surface area contributed by atoms with Crippen molar-refractivity contribution in [1.82, 2.24) is 0 Å². The summed E-state index contributed by atoms with van der Waals surface area (Å²) in [5.74, 6) is -3.68. The topological polar surface area (TPSA) is 91.7 Å². The maximum absolute atomic E-state index is 10.7. The lowest BCUT2D eigenvalue weighted by Gasteiger charge is -2.02. The van der Waals surface area contributed by atoms with Gasteiger partial charge in [0.15, 0.2) is 0 Å². The van der Waals surface area contributed by atoms with Gasteiger partial charge in [0, 0.05) is 6.42 Å². The molecule has 0 fully saturated rings. The fourth-order valence-corrected chi connectivity index (χ4v) is 0.670. The molecule has 0 aliphatic heterocycles. The van der Waals surface area contributed by atoms with Crippen LogP contribution in [0.15, 0.2) is 0 Å². The zero-order valence-electron chi connectivity index (χ0n) is 6.61. The highest BCUT2D eigenvalue weighted by atomic mass is 16.4. The Kier molecular flexibility index (Phi) is 3.96. The first kappa shape index (κ1) is 10.6. The number of carboxylic acid groups (broad SMARTS) is 2. The van der Waals surface area contributed by atoms with Gasteiger partial charge in [-0.1, -0.05) is 6.92 Å². The number of carboxylic acids is 2. The van der Waals surface area contributed by atoms with Crippen LogP contribution in [0.5, 0.6) is 0 Å². The molecule has 5 heteroatoms. The molecule has 0 spiro atoms. The monoisotopic (exact) mass is 174 g/mol. The smallest absolute Gasteiger partial charge is 0.310 e. The molecule has 0 aromatic carbocycles. The van der Waals surface area contributed by atoms with Crippen LogP contribution in [0.1, 0.15) is 19.8 Å². The fraction of sp³-hybridized carbons (Fsp3) is 0.571. The number of carbonyl (C=O) groups is 3. The van der Waals surface area contributed by atoms with E-state index in [1.54, 1.807) is 0 Å². The van der Waals surface area contributed by atoms with Crippen LogP contribution >= 0.6 is 0 Å². The minimum absolute atomic E-state index is 0.221. The summed E-state index contributed by atoms with van der Waals surface area (Å²) in [4.78, 5) is 30.9. The molecular weight excluding hydrogens is 164 g/mol. The molecule has 0 saturated heterocycles. The number of aliphatic carboxylic acids is 2. The molecule has 0 saturated carbocycles. The van der Waals surface area contributed by atoms with Gasteiger partial charge in [-0.05, 0) is 0 Å². The number of ketones is 1. The summed E-state index contributed by atoms with van der Waals surface area (Å²) in [5.41, 5.74) is 0. The van der Waals surface area contributed by atoms with E-state index in [1.165, 1.54) is 6.92 Å². The van der Waals surface area contributed by atoms with Crippen LogP contribution in [-0.4, -0.2) is 27.9 Å². The predicted octanol–water partition coefficient (Wildman–Crippen LogP) is 0.141. The van der Waals surface area contributed by atoms with Crippen molar-refractivity contribution in [3.8, 4) is 0 Å². The van der Waals surface area contributed by atoms with Crippen LogP contribution in [0.3, 0.4) is 0 Å². The maximum Gasteiger partial charge on any atom is 0.310 e. The van der Waals surface area contributed by atoms with Crippen molar-refractivity contribution >= 4 is 17.7 Å². The molecule has 5 nitrogen and oxygen atoms in total. The number of hydrogen-bond donors (Lipinski definition) is 2. The summed E-state index contributed by atoms with van der Waals surface area (Å²) < 4.78 is 0. The van der Waals surface area contributed by atoms with Crippen molar-refractivity contribution in [2.75, 3.05) is 0 Å². The molecule has 0 aromatic rings. The van der Waals surface area contributed by atoms with E-state index in [2.05, 4.69) is 0 Å². The normalized spacial score (nSPS) is 12.1. The minimum Gasteiger partial charge on any atom is -0.481 e. The van der Waals surface area contributed by atoms with Gasteiger partial charge >= 0.3 is 11.9 Å². The minimum atomic E-state index is -1.22. The number of carbonyl (C=O) groups excluding carboxylic acids is 1. The summed E-state index contributed by atoms with van der Waals surface area (Å²) >= 11 is 0. The van der Waals surface area contributed by atoms with E-state index in [9.17, 15) is 14.4 Å². The lowest BCUT2D eigenvalue weighted by atomic mass is 10.0. The first-order chi connectivity index (χ1) is 5.43. The maximum atomic E-state index is 10.7. The van der Waals surface area contributed by atoms with E-state index < -0.39 is 30.1 Å². The first-order valence-electron chi connectivity index (χ1n) is 3.39. The Morgan fingerprint density at radius 3 is 2.08 bits per heavy atom. The van der Waals surface area contributed by atoms with Gasteiger partial charge in [0.05, 0.1) is 5.92 Å². The van der Waals surface area contributed by atoms with Crippen LogP contribution < -0.4 is 0 Å². The van der Waals surface area contributed by atoms with Crippen molar-refractivity contribution in [2.45, 2.75) is 19.8 Å². The van der Waals surface area contributed by atoms with Gasteiger partial charge in [-0.15, -0.1) is 0 Å². The van der Waals surface area contributed by atoms with Gasteiger partial charge < -0.3 is 10.2 Å². The van der Waals surface area contributed by atoms with Gasteiger partial charge in [-0.25, -0.2) is 0 Å². The summed E-state index contributed by atoms with van der Waals surface area (Å²) in [7, 11) is 0. The van der Waals surface area contributed by atoms with Crippen LogP contribution in [0.25, 0.3) is 0 Å². The SMILES string of the molecule is CC(CC(=O)CC(=O)O)C(=O)O. The Morgan fingerprint density at radius 2 is 1.75 bits per heavy atom. The molecule has 0 amide bonds. The Hall–Kier alpha value is -1.39. The second-order valence-electron chi connectivity index (χ2n) is 2.55. The van der Waals surface area contributed by atoms with Crippen molar-refractivity contribution in [2.24, 2.45) is 5.92 Å². The zero-order valence-corrected chi connectivity index (χ0v) is 6.61. The summed E-state index contributed by atoms with van der Waals surface area (Å²) in [6.45, 7) is 1.36. The Bertz CT molecular complexity index is 208. The summed E-state index contributed by atoms with van der Waals surface area (Å²) in [5, 5.41) is 16.5. The highest BCUT2D eigenvalue weighted by Crippen LogP contribution is 2.04. The van der Waals surface area contributed by atoms with Gasteiger partial charge in [-0.2, -0.15) is 0 Å². The van der Waals surface area contributed by atoms with Crippen molar-refractivity contribution in [3.05, 3.63) is 0 Å². The van der Waals surface area contributed by atoms with Gasteiger partial charge in [-0.3, -0.25) is 14.4 Å². The van der Waals surface area contributed by atoms with E-state index in [0.29, 0.717) is 0 Å². The van der Waals surface area contributed by atoms with E-state index in [-0.39, 0.29) is 6.42 Å². The van der Waals surface area contributed by atoms with Gasteiger partial charge in [0.1, 0.15) is 12.2 Å². The second-order valence-corrected chi connectivity index (χ2v) is 2.55. The van der Waals surface area contributed by atoms with Crippen molar-refractivity contribution < 1.29 is 24.6 Å². The molecule has 12 heavy (non-hydrogen) atoms. The highest BCUT2D eigenvalue weighted by molar-refractivity contribution is 5.96. The Balaban J connectivity index is 3.85. The quantitative estimate of drug-likeness (QED) is 0.578.